The van der Waals surface area contributed by atoms with Gasteiger partial charge in [0, 0.05) is 13.1 Å². The van der Waals surface area contributed by atoms with E-state index in [4.69, 9.17) is 0 Å². The van der Waals surface area contributed by atoms with Gasteiger partial charge in [-0.3, -0.25) is 4.79 Å². The van der Waals surface area contributed by atoms with Crippen molar-refractivity contribution >= 4 is 17.4 Å². The van der Waals surface area contributed by atoms with E-state index in [0.717, 1.165) is 25.9 Å². The smallest absolute Gasteiger partial charge is 0.284 e. The molecule has 2 rings (SSSR count). The van der Waals surface area contributed by atoms with E-state index in [1.807, 2.05) is 11.8 Å². The summed E-state index contributed by atoms with van der Waals surface area (Å²) < 4.78 is 4.02. The van der Waals surface area contributed by atoms with Crippen LogP contribution in [0.1, 0.15) is 34.9 Å². The van der Waals surface area contributed by atoms with Crippen LogP contribution in [0, 0.1) is 6.92 Å². The van der Waals surface area contributed by atoms with Gasteiger partial charge in [-0.25, -0.2) is 4.98 Å². The van der Waals surface area contributed by atoms with Gasteiger partial charge in [-0.05, 0) is 37.7 Å². The zero-order valence-corrected chi connectivity index (χ0v) is 9.01. The molecule has 0 unspecified atom stereocenters. The fraction of sp³-hybridized carbons (Fsp3) is 0.667. The molecule has 1 amide bonds. The molecule has 0 atom stereocenters. The predicted octanol–water partition coefficient (Wildman–Crippen LogP) is 1.47. The Bertz CT molecular complexity index is 331. The molecule has 0 radical (unpaired) electrons. The standard InChI is InChI=1S/C9H13N3OS/c1-7-10-8(14-11-7)9(13)12-5-3-2-4-6-12/h2-6H2,1H3. The molecular formula is C9H13N3OS. The second-order valence-electron chi connectivity index (χ2n) is 3.50. The fourth-order valence-corrected chi connectivity index (χ4v) is 2.26. The van der Waals surface area contributed by atoms with E-state index < -0.39 is 0 Å². The van der Waals surface area contributed by atoms with E-state index in [0.29, 0.717) is 10.8 Å². The number of piperidine rings is 1. The van der Waals surface area contributed by atoms with Gasteiger partial charge in [0.2, 0.25) is 5.01 Å². The molecule has 1 aromatic heterocycles. The molecule has 1 aliphatic heterocycles. The zero-order valence-electron chi connectivity index (χ0n) is 8.19. The molecule has 0 aliphatic carbocycles. The Morgan fingerprint density at radius 2 is 2.07 bits per heavy atom. The van der Waals surface area contributed by atoms with Crippen molar-refractivity contribution in [3.63, 3.8) is 0 Å². The largest absolute Gasteiger partial charge is 0.337 e. The van der Waals surface area contributed by atoms with Crippen LogP contribution in [-0.2, 0) is 0 Å². The summed E-state index contributed by atoms with van der Waals surface area (Å²) in [6, 6.07) is 0. The van der Waals surface area contributed by atoms with Gasteiger partial charge in [-0.2, -0.15) is 4.37 Å². The van der Waals surface area contributed by atoms with Crippen LogP contribution in [0.15, 0.2) is 0 Å². The summed E-state index contributed by atoms with van der Waals surface area (Å²) in [5.74, 6) is 0.741. The summed E-state index contributed by atoms with van der Waals surface area (Å²) in [4.78, 5) is 17.8. The third-order valence-electron chi connectivity index (χ3n) is 2.35. The molecule has 1 aromatic rings. The van der Waals surface area contributed by atoms with Crippen molar-refractivity contribution in [3.05, 3.63) is 10.8 Å². The number of hydrogen-bond acceptors (Lipinski definition) is 4. The molecule has 0 spiro atoms. The lowest BCUT2D eigenvalue weighted by atomic mass is 10.1. The van der Waals surface area contributed by atoms with E-state index in [2.05, 4.69) is 9.36 Å². The van der Waals surface area contributed by atoms with Crippen LogP contribution in [0.2, 0.25) is 0 Å². The molecule has 0 aromatic carbocycles. The second-order valence-corrected chi connectivity index (χ2v) is 4.25. The first-order valence-electron chi connectivity index (χ1n) is 4.87. The molecule has 0 N–H and O–H groups in total. The third kappa shape index (κ3) is 1.92. The first kappa shape index (κ1) is 9.58. The van der Waals surface area contributed by atoms with Crippen molar-refractivity contribution in [2.75, 3.05) is 13.1 Å². The highest BCUT2D eigenvalue weighted by atomic mass is 32.1. The normalized spacial score (nSPS) is 17.1. The Kier molecular flexibility index (Phi) is 2.77. The van der Waals surface area contributed by atoms with Gasteiger partial charge >= 0.3 is 0 Å². The average molecular weight is 211 g/mol. The van der Waals surface area contributed by atoms with Crippen LogP contribution in [-0.4, -0.2) is 33.3 Å². The maximum Gasteiger partial charge on any atom is 0.284 e. The lowest BCUT2D eigenvalue weighted by molar-refractivity contribution is 0.0724. The van der Waals surface area contributed by atoms with E-state index in [1.165, 1.54) is 18.0 Å². The third-order valence-corrected chi connectivity index (χ3v) is 3.15. The number of aryl methyl sites for hydroxylation is 1. The Balaban J connectivity index is 2.07. The fourth-order valence-electron chi connectivity index (χ4n) is 1.62. The first-order valence-corrected chi connectivity index (χ1v) is 5.64. The molecule has 1 saturated heterocycles. The molecule has 0 bridgehead atoms. The summed E-state index contributed by atoms with van der Waals surface area (Å²) >= 11 is 1.20. The van der Waals surface area contributed by atoms with Gasteiger partial charge in [0.1, 0.15) is 5.82 Å². The summed E-state index contributed by atoms with van der Waals surface area (Å²) in [7, 11) is 0. The molecule has 0 saturated carbocycles. The zero-order chi connectivity index (χ0) is 9.97. The van der Waals surface area contributed by atoms with Crippen molar-refractivity contribution in [3.8, 4) is 0 Å². The first-order chi connectivity index (χ1) is 6.77. The predicted molar refractivity (Wildman–Crippen MR) is 54.4 cm³/mol. The second kappa shape index (κ2) is 4.04. The lowest BCUT2D eigenvalue weighted by Crippen LogP contribution is -2.35. The van der Waals surface area contributed by atoms with Gasteiger partial charge in [-0.15, -0.1) is 0 Å². The number of carbonyl (C=O) groups excluding carboxylic acids is 1. The molecule has 76 valence electrons. The molecule has 14 heavy (non-hydrogen) atoms. The maximum absolute atomic E-state index is 11.8. The number of amides is 1. The molecule has 5 heteroatoms. The SMILES string of the molecule is Cc1nsc(C(=O)N2CCCCC2)n1. The quantitative estimate of drug-likeness (QED) is 0.706. The van der Waals surface area contributed by atoms with Gasteiger partial charge in [0.15, 0.2) is 0 Å². The molecule has 1 aliphatic rings. The number of rotatable bonds is 1. The van der Waals surface area contributed by atoms with Gasteiger partial charge in [0.05, 0.1) is 0 Å². The number of nitrogens with zero attached hydrogens (tertiary/aromatic N) is 3. The van der Waals surface area contributed by atoms with Gasteiger partial charge in [0.25, 0.3) is 5.91 Å². The van der Waals surface area contributed by atoms with E-state index in [9.17, 15) is 4.79 Å². The van der Waals surface area contributed by atoms with Crippen molar-refractivity contribution in [2.45, 2.75) is 26.2 Å². The average Bonchev–Trinajstić information content (AvgIpc) is 2.65. The van der Waals surface area contributed by atoms with Crippen molar-refractivity contribution < 1.29 is 4.79 Å². The van der Waals surface area contributed by atoms with Gasteiger partial charge < -0.3 is 4.90 Å². The Morgan fingerprint density at radius 1 is 1.36 bits per heavy atom. The highest BCUT2D eigenvalue weighted by molar-refractivity contribution is 7.07. The van der Waals surface area contributed by atoms with Crippen LogP contribution in [0.3, 0.4) is 0 Å². The summed E-state index contributed by atoms with van der Waals surface area (Å²) in [6.07, 6.45) is 3.46. The topological polar surface area (TPSA) is 46.1 Å². The minimum Gasteiger partial charge on any atom is -0.337 e. The van der Waals surface area contributed by atoms with E-state index in [-0.39, 0.29) is 5.91 Å². The molecular weight excluding hydrogens is 198 g/mol. The van der Waals surface area contributed by atoms with Crippen molar-refractivity contribution in [1.82, 2.24) is 14.3 Å². The number of hydrogen-bond donors (Lipinski definition) is 0. The van der Waals surface area contributed by atoms with E-state index in [1.54, 1.807) is 0 Å². The Hall–Kier alpha value is -0.970. The van der Waals surface area contributed by atoms with Crippen LogP contribution < -0.4 is 0 Å². The van der Waals surface area contributed by atoms with Crippen molar-refractivity contribution in [1.29, 1.82) is 0 Å². The van der Waals surface area contributed by atoms with Crippen LogP contribution in [0.4, 0.5) is 0 Å². The Morgan fingerprint density at radius 3 is 2.64 bits per heavy atom. The van der Waals surface area contributed by atoms with Crippen LogP contribution >= 0.6 is 11.5 Å². The summed E-state index contributed by atoms with van der Waals surface area (Å²) in [5.41, 5.74) is 0. The summed E-state index contributed by atoms with van der Waals surface area (Å²) in [5, 5.41) is 0.532. The van der Waals surface area contributed by atoms with Gasteiger partial charge in [-0.1, -0.05) is 0 Å². The lowest BCUT2D eigenvalue weighted by Gasteiger charge is -2.25. The monoisotopic (exact) mass is 211 g/mol. The molecule has 1 fully saturated rings. The molecule has 2 heterocycles. The highest BCUT2D eigenvalue weighted by Gasteiger charge is 2.20. The van der Waals surface area contributed by atoms with Crippen molar-refractivity contribution in [2.24, 2.45) is 0 Å². The number of aromatic nitrogens is 2. The van der Waals surface area contributed by atoms with Crippen LogP contribution in [0.25, 0.3) is 0 Å². The Labute approximate surface area is 87.1 Å². The molecule has 4 nitrogen and oxygen atoms in total. The number of carbonyl (C=O) groups is 1. The highest BCUT2D eigenvalue weighted by Crippen LogP contribution is 2.14. The maximum atomic E-state index is 11.8. The number of likely N-dealkylation sites (tertiary alicyclic amines) is 1. The minimum atomic E-state index is 0.0512. The summed E-state index contributed by atoms with van der Waals surface area (Å²) in [6.45, 7) is 3.55. The van der Waals surface area contributed by atoms with E-state index >= 15 is 0 Å². The minimum absolute atomic E-state index is 0.0512. The van der Waals surface area contributed by atoms with Crippen LogP contribution in [0.5, 0.6) is 0 Å².